The number of rotatable bonds is 4. The Morgan fingerprint density at radius 3 is 2.88 bits per heavy atom. The second-order valence-electron chi connectivity index (χ2n) is 4.19. The summed E-state index contributed by atoms with van der Waals surface area (Å²) in [6.45, 7) is 0.840. The molecule has 0 amide bonds. The molecule has 17 heavy (non-hydrogen) atoms. The highest BCUT2D eigenvalue weighted by Crippen LogP contribution is 2.13. The highest BCUT2D eigenvalue weighted by Gasteiger charge is 2.15. The first-order valence-corrected chi connectivity index (χ1v) is 5.43. The summed E-state index contributed by atoms with van der Waals surface area (Å²) in [6, 6.07) is 5.47. The third-order valence-corrected chi connectivity index (χ3v) is 2.61. The Morgan fingerprint density at radius 1 is 1.47 bits per heavy atom. The van der Waals surface area contributed by atoms with Crippen molar-refractivity contribution in [3.05, 3.63) is 35.9 Å². The molecular weight excluding hydrogens is 218 g/mol. The van der Waals surface area contributed by atoms with Gasteiger partial charge in [0.15, 0.2) is 5.69 Å². The van der Waals surface area contributed by atoms with Crippen LogP contribution in [0.4, 0.5) is 0 Å². The number of carboxylic acids is 1. The van der Waals surface area contributed by atoms with E-state index in [1.807, 2.05) is 41.7 Å². The highest BCUT2D eigenvalue weighted by atomic mass is 16.4. The van der Waals surface area contributed by atoms with E-state index in [1.165, 1.54) is 0 Å². The van der Waals surface area contributed by atoms with Gasteiger partial charge in [0, 0.05) is 19.2 Å². The number of pyridine rings is 1. The number of likely N-dealkylation sites (N-methyl/N-ethyl adjacent to an activating group) is 1. The minimum Gasteiger partial charge on any atom is -0.476 e. The van der Waals surface area contributed by atoms with Crippen molar-refractivity contribution in [2.45, 2.75) is 6.42 Å². The lowest BCUT2D eigenvalue weighted by Crippen LogP contribution is -2.16. The van der Waals surface area contributed by atoms with Gasteiger partial charge in [-0.05, 0) is 26.2 Å². The minimum atomic E-state index is -0.982. The van der Waals surface area contributed by atoms with Gasteiger partial charge < -0.3 is 14.4 Å². The van der Waals surface area contributed by atoms with Gasteiger partial charge in [-0.3, -0.25) is 0 Å². The van der Waals surface area contributed by atoms with Gasteiger partial charge in [0.05, 0.1) is 5.52 Å². The van der Waals surface area contributed by atoms with Gasteiger partial charge in [-0.2, -0.15) is 0 Å². The highest BCUT2D eigenvalue weighted by molar-refractivity contribution is 5.93. The first-order chi connectivity index (χ1) is 8.09. The molecule has 0 spiro atoms. The molecule has 5 nitrogen and oxygen atoms in total. The van der Waals surface area contributed by atoms with Crippen LogP contribution in [-0.4, -0.2) is 46.0 Å². The zero-order valence-electron chi connectivity index (χ0n) is 9.92. The molecule has 1 N–H and O–H groups in total. The number of carbonyl (C=O) groups is 1. The maximum absolute atomic E-state index is 11.1. The second-order valence-corrected chi connectivity index (χ2v) is 4.19. The van der Waals surface area contributed by atoms with Crippen molar-refractivity contribution in [1.29, 1.82) is 0 Å². The molecule has 0 aliphatic heterocycles. The number of aromatic nitrogens is 2. The molecule has 0 saturated heterocycles. The molecule has 2 heterocycles. The van der Waals surface area contributed by atoms with Crippen molar-refractivity contribution in [3.63, 3.8) is 0 Å². The Kier molecular flexibility index (Phi) is 3.10. The van der Waals surface area contributed by atoms with E-state index in [0.29, 0.717) is 5.52 Å². The molecule has 0 saturated carbocycles. The maximum atomic E-state index is 11.1. The summed E-state index contributed by atoms with van der Waals surface area (Å²) in [4.78, 5) is 17.3. The Hall–Kier alpha value is -1.88. The molecule has 0 aliphatic rings. The Balaban J connectivity index is 2.45. The fourth-order valence-electron chi connectivity index (χ4n) is 1.76. The molecule has 0 radical (unpaired) electrons. The lowest BCUT2D eigenvalue weighted by molar-refractivity contribution is 0.0693. The predicted octanol–water partition coefficient (Wildman–Crippen LogP) is 1.14. The zero-order chi connectivity index (χ0) is 12.4. The van der Waals surface area contributed by atoms with Crippen LogP contribution in [0.25, 0.3) is 5.52 Å². The number of imidazole rings is 1. The largest absolute Gasteiger partial charge is 0.476 e. The summed E-state index contributed by atoms with van der Waals surface area (Å²) < 4.78 is 1.84. The van der Waals surface area contributed by atoms with Gasteiger partial charge in [0.1, 0.15) is 5.82 Å². The summed E-state index contributed by atoms with van der Waals surface area (Å²) in [5.41, 5.74) is 0.771. The molecule has 0 aliphatic carbocycles. The van der Waals surface area contributed by atoms with E-state index in [1.54, 1.807) is 6.07 Å². The van der Waals surface area contributed by atoms with Gasteiger partial charge in [0.25, 0.3) is 0 Å². The number of fused-ring (bicyclic) bond motifs is 1. The van der Waals surface area contributed by atoms with Crippen LogP contribution in [0, 0.1) is 0 Å². The van der Waals surface area contributed by atoms with E-state index >= 15 is 0 Å². The normalized spacial score (nSPS) is 11.2. The molecular formula is C12H15N3O2. The van der Waals surface area contributed by atoms with Crippen LogP contribution < -0.4 is 0 Å². The fraction of sp³-hybridized carbons (Fsp3) is 0.333. The second kappa shape index (κ2) is 4.55. The van der Waals surface area contributed by atoms with Crippen LogP contribution in [0.15, 0.2) is 24.4 Å². The number of hydrogen-bond acceptors (Lipinski definition) is 3. The van der Waals surface area contributed by atoms with Gasteiger partial charge in [-0.25, -0.2) is 9.78 Å². The van der Waals surface area contributed by atoms with Crippen LogP contribution in [0.3, 0.4) is 0 Å². The molecule has 5 heteroatoms. The Morgan fingerprint density at radius 2 is 2.24 bits per heavy atom. The first-order valence-electron chi connectivity index (χ1n) is 5.43. The van der Waals surface area contributed by atoms with Gasteiger partial charge in [-0.15, -0.1) is 0 Å². The monoisotopic (exact) mass is 233 g/mol. The topological polar surface area (TPSA) is 57.8 Å². The van der Waals surface area contributed by atoms with Crippen molar-refractivity contribution >= 4 is 11.5 Å². The van der Waals surface area contributed by atoms with E-state index in [4.69, 9.17) is 5.11 Å². The summed E-state index contributed by atoms with van der Waals surface area (Å²) in [6.07, 6.45) is 2.57. The molecule has 2 aromatic rings. The first kappa shape index (κ1) is 11.6. The van der Waals surface area contributed by atoms with Crippen LogP contribution in [0.2, 0.25) is 0 Å². The molecule has 0 unspecified atom stereocenters. The van der Waals surface area contributed by atoms with Gasteiger partial charge in [-0.1, -0.05) is 6.07 Å². The minimum absolute atomic E-state index is 0.124. The average Bonchev–Trinajstić information content (AvgIpc) is 2.65. The maximum Gasteiger partial charge on any atom is 0.356 e. The molecule has 0 fully saturated rings. The number of aromatic carboxylic acids is 1. The van der Waals surface area contributed by atoms with E-state index in [0.717, 1.165) is 18.8 Å². The smallest absolute Gasteiger partial charge is 0.356 e. The number of nitrogens with zero attached hydrogens (tertiary/aromatic N) is 3. The summed E-state index contributed by atoms with van der Waals surface area (Å²) in [7, 11) is 3.96. The van der Waals surface area contributed by atoms with Crippen LogP contribution in [0.1, 0.15) is 16.3 Å². The SMILES string of the molecule is CN(C)CCc1nc(C(=O)O)c2ccccn12. The van der Waals surface area contributed by atoms with Gasteiger partial charge >= 0.3 is 5.97 Å². The molecule has 0 atom stereocenters. The van der Waals surface area contributed by atoms with E-state index in [2.05, 4.69) is 4.98 Å². The standard InChI is InChI=1S/C12H15N3O2/c1-14(2)8-6-10-13-11(12(16)17)9-5-3-4-7-15(9)10/h3-5,7H,6,8H2,1-2H3,(H,16,17). The molecule has 0 bridgehead atoms. The average molecular weight is 233 g/mol. The quantitative estimate of drug-likeness (QED) is 0.860. The third-order valence-electron chi connectivity index (χ3n) is 2.61. The van der Waals surface area contributed by atoms with E-state index in [9.17, 15) is 4.79 Å². The van der Waals surface area contributed by atoms with Crippen LogP contribution in [-0.2, 0) is 6.42 Å². The fourth-order valence-corrected chi connectivity index (χ4v) is 1.76. The van der Waals surface area contributed by atoms with Crippen LogP contribution in [0.5, 0.6) is 0 Å². The lowest BCUT2D eigenvalue weighted by Gasteiger charge is -2.07. The van der Waals surface area contributed by atoms with E-state index < -0.39 is 5.97 Å². The van der Waals surface area contributed by atoms with E-state index in [-0.39, 0.29) is 5.69 Å². The summed E-state index contributed by atoms with van der Waals surface area (Å²) in [5.74, 6) is -0.198. The molecule has 2 rings (SSSR count). The van der Waals surface area contributed by atoms with Crippen LogP contribution >= 0.6 is 0 Å². The van der Waals surface area contributed by atoms with Gasteiger partial charge in [0.2, 0.25) is 0 Å². The Bertz CT molecular complexity index is 546. The Labute approximate surface area is 99.3 Å². The van der Waals surface area contributed by atoms with Crippen molar-refractivity contribution in [3.8, 4) is 0 Å². The zero-order valence-corrected chi connectivity index (χ0v) is 9.92. The number of hydrogen-bond donors (Lipinski definition) is 1. The third kappa shape index (κ3) is 2.29. The lowest BCUT2D eigenvalue weighted by atomic mass is 10.3. The van der Waals surface area contributed by atoms with Crippen molar-refractivity contribution in [2.75, 3.05) is 20.6 Å². The summed E-state index contributed by atoms with van der Waals surface area (Å²) >= 11 is 0. The van der Waals surface area contributed by atoms with Crippen molar-refractivity contribution < 1.29 is 9.90 Å². The number of carboxylic acid groups (broad SMARTS) is 1. The summed E-state index contributed by atoms with van der Waals surface area (Å²) in [5, 5.41) is 9.09. The molecule has 0 aromatic carbocycles. The van der Waals surface area contributed by atoms with Crippen molar-refractivity contribution in [2.24, 2.45) is 0 Å². The van der Waals surface area contributed by atoms with Crippen molar-refractivity contribution in [1.82, 2.24) is 14.3 Å². The molecule has 90 valence electrons. The molecule has 2 aromatic heterocycles. The predicted molar refractivity (Wildman–Crippen MR) is 64.4 cm³/mol.